The predicted molar refractivity (Wildman–Crippen MR) is 44.8 cm³/mol. The first-order chi connectivity index (χ1) is 5.79. The predicted octanol–water partition coefficient (Wildman–Crippen LogP) is 0.233. The summed E-state index contributed by atoms with van der Waals surface area (Å²) >= 11 is 0. The maximum Gasteiger partial charge on any atom is 0.354 e. The Balaban J connectivity index is 2.83. The zero-order chi connectivity index (χ0) is 8.97. The van der Waals surface area contributed by atoms with Crippen LogP contribution in [0.4, 0.5) is 0 Å². The first kappa shape index (κ1) is 8.80. The van der Waals surface area contributed by atoms with Gasteiger partial charge in [-0.15, -0.1) is 0 Å². The number of nitrogens with zero attached hydrogens (tertiary/aromatic N) is 1. The Hall–Kier alpha value is -1.29. The van der Waals surface area contributed by atoms with Gasteiger partial charge in [0.15, 0.2) is 0 Å². The Morgan fingerprint density at radius 2 is 2.50 bits per heavy atom. The normalized spacial score (nSPS) is 9.83. The molecule has 0 aliphatic rings. The molecule has 0 saturated carbocycles. The summed E-state index contributed by atoms with van der Waals surface area (Å²) in [6.07, 6.45) is 1.80. The number of carbonyl (C=O) groups excluding carboxylic acids is 1. The van der Waals surface area contributed by atoms with Crippen molar-refractivity contribution in [2.24, 2.45) is 5.73 Å². The minimum Gasteiger partial charge on any atom is -0.464 e. The molecule has 0 unspecified atom stereocenters. The molecule has 1 rings (SSSR count). The standard InChI is InChI=1S/C8H12N2O2/c1-12-8(11)7-3-2-5-10(7)6-4-9/h2-3,5H,4,6,9H2,1H3. The van der Waals surface area contributed by atoms with Crippen LogP contribution in [0.5, 0.6) is 0 Å². The molecule has 0 saturated heterocycles. The second kappa shape index (κ2) is 3.92. The zero-order valence-electron chi connectivity index (χ0n) is 6.99. The van der Waals surface area contributed by atoms with E-state index >= 15 is 0 Å². The molecule has 0 spiro atoms. The fourth-order valence-corrected chi connectivity index (χ4v) is 1.04. The molecule has 1 aromatic heterocycles. The van der Waals surface area contributed by atoms with E-state index in [0.29, 0.717) is 18.8 Å². The first-order valence-corrected chi connectivity index (χ1v) is 3.73. The van der Waals surface area contributed by atoms with Crippen molar-refractivity contribution >= 4 is 5.97 Å². The third-order valence-electron chi connectivity index (χ3n) is 1.59. The maximum atomic E-state index is 11.1. The quantitative estimate of drug-likeness (QED) is 0.657. The van der Waals surface area contributed by atoms with E-state index in [1.165, 1.54) is 7.11 Å². The van der Waals surface area contributed by atoms with E-state index in [9.17, 15) is 4.79 Å². The van der Waals surface area contributed by atoms with Gasteiger partial charge < -0.3 is 15.0 Å². The van der Waals surface area contributed by atoms with Crippen LogP contribution in [-0.4, -0.2) is 24.2 Å². The largest absolute Gasteiger partial charge is 0.464 e. The first-order valence-electron chi connectivity index (χ1n) is 3.73. The average Bonchev–Trinajstić information content (AvgIpc) is 2.52. The average molecular weight is 168 g/mol. The molecule has 0 amide bonds. The van der Waals surface area contributed by atoms with Crippen molar-refractivity contribution in [2.45, 2.75) is 6.54 Å². The summed E-state index contributed by atoms with van der Waals surface area (Å²) in [6, 6.07) is 3.50. The second-order valence-corrected chi connectivity index (χ2v) is 2.37. The summed E-state index contributed by atoms with van der Waals surface area (Å²) in [4.78, 5) is 11.1. The molecule has 0 bridgehead atoms. The molecule has 0 fully saturated rings. The number of hydrogen-bond donors (Lipinski definition) is 1. The molecule has 0 aliphatic carbocycles. The van der Waals surface area contributed by atoms with Crippen molar-refractivity contribution in [3.05, 3.63) is 24.0 Å². The molecular formula is C8H12N2O2. The lowest BCUT2D eigenvalue weighted by Gasteiger charge is -2.04. The topological polar surface area (TPSA) is 57.2 Å². The molecule has 0 aromatic carbocycles. The van der Waals surface area contributed by atoms with Gasteiger partial charge >= 0.3 is 5.97 Å². The van der Waals surface area contributed by atoms with Crippen LogP contribution in [0.3, 0.4) is 0 Å². The fourth-order valence-electron chi connectivity index (χ4n) is 1.04. The van der Waals surface area contributed by atoms with Crippen LogP contribution in [0.15, 0.2) is 18.3 Å². The molecule has 4 nitrogen and oxygen atoms in total. The maximum absolute atomic E-state index is 11.1. The molecule has 0 radical (unpaired) electrons. The van der Waals surface area contributed by atoms with Gasteiger partial charge in [-0.2, -0.15) is 0 Å². The summed E-state index contributed by atoms with van der Waals surface area (Å²) in [7, 11) is 1.36. The number of aromatic nitrogens is 1. The highest BCUT2D eigenvalue weighted by Crippen LogP contribution is 2.02. The van der Waals surface area contributed by atoms with E-state index in [-0.39, 0.29) is 5.97 Å². The van der Waals surface area contributed by atoms with Crippen LogP contribution in [0.1, 0.15) is 10.5 Å². The van der Waals surface area contributed by atoms with E-state index in [4.69, 9.17) is 5.73 Å². The number of hydrogen-bond acceptors (Lipinski definition) is 3. The molecule has 2 N–H and O–H groups in total. The van der Waals surface area contributed by atoms with Crippen LogP contribution in [0.25, 0.3) is 0 Å². The highest BCUT2D eigenvalue weighted by Gasteiger charge is 2.08. The Morgan fingerprint density at radius 1 is 1.75 bits per heavy atom. The SMILES string of the molecule is COC(=O)c1cccn1CCN. The lowest BCUT2D eigenvalue weighted by atomic mass is 10.4. The Kier molecular flexibility index (Phi) is 2.88. The molecule has 4 heteroatoms. The Bertz CT molecular complexity index is 268. The highest BCUT2D eigenvalue weighted by molar-refractivity contribution is 5.87. The molecule has 1 aromatic rings. The van der Waals surface area contributed by atoms with Crippen LogP contribution in [-0.2, 0) is 11.3 Å². The van der Waals surface area contributed by atoms with Crippen molar-refractivity contribution < 1.29 is 9.53 Å². The monoisotopic (exact) mass is 168 g/mol. The van der Waals surface area contributed by atoms with Crippen LogP contribution in [0.2, 0.25) is 0 Å². The lowest BCUT2D eigenvalue weighted by molar-refractivity contribution is 0.0588. The van der Waals surface area contributed by atoms with Crippen molar-refractivity contribution in [2.75, 3.05) is 13.7 Å². The van der Waals surface area contributed by atoms with Crippen molar-refractivity contribution in [1.29, 1.82) is 0 Å². The molecule has 1 heterocycles. The Morgan fingerprint density at radius 3 is 3.08 bits per heavy atom. The van der Waals surface area contributed by atoms with Gasteiger partial charge in [-0.25, -0.2) is 4.79 Å². The van der Waals surface area contributed by atoms with Gasteiger partial charge in [-0.3, -0.25) is 0 Å². The third-order valence-corrected chi connectivity index (χ3v) is 1.59. The fraction of sp³-hybridized carbons (Fsp3) is 0.375. The summed E-state index contributed by atoms with van der Waals surface area (Å²) in [6.45, 7) is 1.15. The second-order valence-electron chi connectivity index (χ2n) is 2.37. The van der Waals surface area contributed by atoms with Crippen molar-refractivity contribution in [3.8, 4) is 0 Å². The van der Waals surface area contributed by atoms with Crippen molar-refractivity contribution in [1.82, 2.24) is 4.57 Å². The number of rotatable bonds is 3. The number of esters is 1. The van der Waals surface area contributed by atoms with Gasteiger partial charge in [0.2, 0.25) is 0 Å². The summed E-state index contributed by atoms with van der Waals surface area (Å²) in [5.41, 5.74) is 5.90. The van der Waals surface area contributed by atoms with E-state index in [2.05, 4.69) is 4.74 Å². The summed E-state index contributed by atoms with van der Waals surface area (Å²) in [5, 5.41) is 0. The summed E-state index contributed by atoms with van der Waals surface area (Å²) in [5.74, 6) is -0.326. The number of ether oxygens (including phenoxy) is 1. The van der Waals surface area contributed by atoms with Gasteiger partial charge in [0.05, 0.1) is 7.11 Å². The van der Waals surface area contributed by atoms with Gasteiger partial charge in [0, 0.05) is 19.3 Å². The minimum absolute atomic E-state index is 0.326. The number of methoxy groups -OCH3 is 1. The van der Waals surface area contributed by atoms with Crippen molar-refractivity contribution in [3.63, 3.8) is 0 Å². The van der Waals surface area contributed by atoms with Crippen LogP contribution < -0.4 is 5.73 Å². The van der Waals surface area contributed by atoms with Gasteiger partial charge in [0.25, 0.3) is 0 Å². The lowest BCUT2D eigenvalue weighted by Crippen LogP contribution is -2.15. The summed E-state index contributed by atoms with van der Waals surface area (Å²) < 4.78 is 6.35. The third kappa shape index (κ3) is 1.65. The van der Waals surface area contributed by atoms with Crippen LogP contribution >= 0.6 is 0 Å². The van der Waals surface area contributed by atoms with E-state index in [1.807, 2.05) is 0 Å². The van der Waals surface area contributed by atoms with E-state index in [0.717, 1.165) is 0 Å². The molecule has 0 aliphatic heterocycles. The number of nitrogens with two attached hydrogens (primary N) is 1. The zero-order valence-corrected chi connectivity index (χ0v) is 6.99. The van der Waals surface area contributed by atoms with Gasteiger partial charge in [-0.1, -0.05) is 0 Å². The molecular weight excluding hydrogens is 156 g/mol. The van der Waals surface area contributed by atoms with E-state index in [1.54, 1.807) is 22.9 Å². The minimum atomic E-state index is -0.326. The van der Waals surface area contributed by atoms with E-state index < -0.39 is 0 Å². The smallest absolute Gasteiger partial charge is 0.354 e. The molecule has 0 atom stereocenters. The van der Waals surface area contributed by atoms with Gasteiger partial charge in [-0.05, 0) is 12.1 Å². The van der Waals surface area contributed by atoms with Gasteiger partial charge in [0.1, 0.15) is 5.69 Å². The molecule has 66 valence electrons. The van der Waals surface area contributed by atoms with Crippen LogP contribution in [0, 0.1) is 0 Å². The highest BCUT2D eigenvalue weighted by atomic mass is 16.5. The number of carbonyl (C=O) groups is 1. The molecule has 12 heavy (non-hydrogen) atoms. The Labute approximate surface area is 70.9 Å².